The first-order valence-electron chi connectivity index (χ1n) is 6.41. The third-order valence-electron chi connectivity index (χ3n) is 3.09. The Morgan fingerprint density at radius 2 is 1.94 bits per heavy atom. The van der Waals surface area contributed by atoms with Gasteiger partial charge in [0.15, 0.2) is 11.5 Å². The van der Waals surface area contributed by atoms with Crippen LogP contribution < -0.4 is 5.73 Å². The lowest BCUT2D eigenvalue weighted by atomic mass is 9.98. The predicted molar refractivity (Wildman–Crippen MR) is 71.0 cm³/mol. The first-order valence-corrected chi connectivity index (χ1v) is 6.41. The molecule has 0 spiro atoms. The molecule has 0 fully saturated rings. The second-order valence-electron chi connectivity index (χ2n) is 4.52. The summed E-state index contributed by atoms with van der Waals surface area (Å²) < 4.78 is 5.82. The molecule has 0 atom stereocenters. The highest BCUT2D eigenvalue weighted by molar-refractivity contribution is 5.85. The number of aromatic nitrogens is 1. The van der Waals surface area contributed by atoms with Crippen LogP contribution in [0.1, 0.15) is 51.3 Å². The van der Waals surface area contributed by atoms with E-state index < -0.39 is 0 Å². The molecule has 0 aliphatic heterocycles. The minimum Gasteiger partial charge on any atom is -0.440 e. The van der Waals surface area contributed by atoms with E-state index in [1.807, 2.05) is 18.2 Å². The van der Waals surface area contributed by atoms with Crippen molar-refractivity contribution < 1.29 is 4.42 Å². The van der Waals surface area contributed by atoms with Crippen molar-refractivity contribution in [2.45, 2.75) is 45.4 Å². The van der Waals surface area contributed by atoms with E-state index in [2.05, 4.69) is 18.8 Å². The molecule has 2 rings (SSSR count). The number of rotatable bonds is 5. The van der Waals surface area contributed by atoms with Crippen molar-refractivity contribution in [2.24, 2.45) is 0 Å². The van der Waals surface area contributed by atoms with E-state index in [0.717, 1.165) is 42.7 Å². The molecule has 0 aliphatic carbocycles. The molecule has 2 aromatic rings. The fourth-order valence-corrected chi connectivity index (χ4v) is 2.25. The van der Waals surface area contributed by atoms with Crippen LogP contribution in [0.5, 0.6) is 0 Å². The number of anilines is 1. The molecule has 0 unspecified atom stereocenters. The van der Waals surface area contributed by atoms with Crippen LogP contribution in [0, 0.1) is 0 Å². The van der Waals surface area contributed by atoms with Gasteiger partial charge in [-0.05, 0) is 25.0 Å². The second kappa shape index (κ2) is 5.21. The molecule has 0 saturated heterocycles. The maximum atomic E-state index is 5.90. The second-order valence-corrected chi connectivity index (χ2v) is 4.52. The van der Waals surface area contributed by atoms with E-state index >= 15 is 0 Å². The van der Waals surface area contributed by atoms with Gasteiger partial charge in [0.2, 0.25) is 0 Å². The van der Waals surface area contributed by atoms with Gasteiger partial charge in [0.1, 0.15) is 5.52 Å². The van der Waals surface area contributed by atoms with E-state index in [1.54, 1.807) is 0 Å². The summed E-state index contributed by atoms with van der Waals surface area (Å²) in [7, 11) is 0. The van der Waals surface area contributed by atoms with Crippen LogP contribution in [-0.4, -0.2) is 4.98 Å². The maximum Gasteiger partial charge on any atom is 0.198 e. The van der Waals surface area contributed by atoms with E-state index in [4.69, 9.17) is 10.2 Å². The minimum absolute atomic E-state index is 0.428. The van der Waals surface area contributed by atoms with E-state index in [-0.39, 0.29) is 0 Å². The molecular formula is C14H20N2O. The number of para-hydroxylation sites is 1. The Hall–Kier alpha value is -1.51. The Labute approximate surface area is 102 Å². The van der Waals surface area contributed by atoms with Crippen molar-refractivity contribution in [1.29, 1.82) is 0 Å². The Balaban J connectivity index is 2.36. The summed E-state index contributed by atoms with van der Waals surface area (Å²) in [4.78, 5) is 4.56. The summed E-state index contributed by atoms with van der Waals surface area (Å²) in [5, 5.41) is 0. The number of nitrogens with two attached hydrogens (primary N) is 1. The average molecular weight is 232 g/mol. The molecular weight excluding hydrogens is 212 g/mol. The molecule has 92 valence electrons. The molecule has 17 heavy (non-hydrogen) atoms. The highest BCUT2D eigenvalue weighted by Gasteiger charge is 2.17. The molecule has 0 amide bonds. The summed E-state index contributed by atoms with van der Waals surface area (Å²) in [5.74, 6) is 1.28. The molecule has 1 aromatic carbocycles. The van der Waals surface area contributed by atoms with Gasteiger partial charge in [-0.2, -0.15) is 0 Å². The zero-order valence-corrected chi connectivity index (χ0v) is 10.6. The number of hydrogen-bond acceptors (Lipinski definition) is 3. The molecule has 3 heteroatoms. The summed E-state index contributed by atoms with van der Waals surface area (Å²) in [5.41, 5.74) is 8.20. The van der Waals surface area contributed by atoms with E-state index in [9.17, 15) is 0 Å². The summed E-state index contributed by atoms with van der Waals surface area (Å²) >= 11 is 0. The fourth-order valence-electron chi connectivity index (χ4n) is 2.25. The molecule has 0 bridgehead atoms. The Morgan fingerprint density at radius 3 is 2.53 bits per heavy atom. The lowest BCUT2D eigenvalue weighted by molar-refractivity contribution is 0.428. The van der Waals surface area contributed by atoms with Crippen molar-refractivity contribution in [3.8, 4) is 0 Å². The SMILES string of the molecule is CCCC(CCC)c1nc2c(N)cccc2o1. The lowest BCUT2D eigenvalue weighted by Crippen LogP contribution is -1.98. The molecule has 2 N–H and O–H groups in total. The summed E-state index contributed by atoms with van der Waals surface area (Å²) in [6, 6.07) is 5.70. The maximum absolute atomic E-state index is 5.90. The highest BCUT2D eigenvalue weighted by Crippen LogP contribution is 2.30. The van der Waals surface area contributed by atoms with Crippen LogP contribution in [0.2, 0.25) is 0 Å². The van der Waals surface area contributed by atoms with Crippen LogP contribution in [-0.2, 0) is 0 Å². The van der Waals surface area contributed by atoms with Gasteiger partial charge in [0.25, 0.3) is 0 Å². The Kier molecular flexibility index (Phi) is 3.67. The van der Waals surface area contributed by atoms with Gasteiger partial charge in [-0.1, -0.05) is 32.8 Å². The first-order chi connectivity index (χ1) is 8.26. The molecule has 0 radical (unpaired) electrons. The summed E-state index contributed by atoms with van der Waals surface area (Å²) in [6.45, 7) is 4.39. The minimum atomic E-state index is 0.428. The smallest absolute Gasteiger partial charge is 0.198 e. The van der Waals surface area contributed by atoms with E-state index in [0.29, 0.717) is 11.6 Å². The molecule has 0 aliphatic rings. The number of hydrogen-bond donors (Lipinski definition) is 1. The van der Waals surface area contributed by atoms with Gasteiger partial charge >= 0.3 is 0 Å². The number of oxazole rings is 1. The number of fused-ring (bicyclic) bond motifs is 1. The van der Waals surface area contributed by atoms with Gasteiger partial charge in [0.05, 0.1) is 5.69 Å². The van der Waals surface area contributed by atoms with Crippen molar-refractivity contribution in [3.63, 3.8) is 0 Å². The van der Waals surface area contributed by atoms with Crippen molar-refractivity contribution in [3.05, 3.63) is 24.1 Å². The molecule has 3 nitrogen and oxygen atoms in total. The van der Waals surface area contributed by atoms with E-state index in [1.165, 1.54) is 0 Å². The number of benzene rings is 1. The first kappa shape index (κ1) is 12.0. The zero-order chi connectivity index (χ0) is 12.3. The van der Waals surface area contributed by atoms with Crippen LogP contribution in [0.15, 0.2) is 22.6 Å². The largest absolute Gasteiger partial charge is 0.440 e. The van der Waals surface area contributed by atoms with Crippen LogP contribution in [0.3, 0.4) is 0 Å². The molecule has 1 aromatic heterocycles. The third-order valence-corrected chi connectivity index (χ3v) is 3.09. The standard InChI is InChI=1S/C14H20N2O/c1-3-6-10(7-4-2)14-16-13-11(15)8-5-9-12(13)17-14/h5,8-10H,3-4,6-7,15H2,1-2H3. The number of nitrogens with zero attached hydrogens (tertiary/aromatic N) is 1. The van der Waals surface area contributed by atoms with Gasteiger partial charge in [-0.25, -0.2) is 4.98 Å². The fraction of sp³-hybridized carbons (Fsp3) is 0.500. The molecule has 1 heterocycles. The lowest BCUT2D eigenvalue weighted by Gasteiger charge is -2.09. The normalized spacial score (nSPS) is 11.5. The third kappa shape index (κ3) is 2.43. The average Bonchev–Trinajstić information content (AvgIpc) is 2.74. The van der Waals surface area contributed by atoms with Crippen LogP contribution in [0.4, 0.5) is 5.69 Å². The topological polar surface area (TPSA) is 52.0 Å². The highest BCUT2D eigenvalue weighted by atomic mass is 16.3. The molecule has 0 saturated carbocycles. The van der Waals surface area contributed by atoms with Crippen molar-refractivity contribution in [2.75, 3.05) is 5.73 Å². The van der Waals surface area contributed by atoms with Gasteiger partial charge in [0, 0.05) is 5.92 Å². The van der Waals surface area contributed by atoms with Gasteiger partial charge in [-0.3, -0.25) is 0 Å². The quantitative estimate of drug-likeness (QED) is 0.790. The van der Waals surface area contributed by atoms with Crippen molar-refractivity contribution >= 4 is 16.8 Å². The number of nitrogen functional groups attached to an aromatic ring is 1. The van der Waals surface area contributed by atoms with Crippen LogP contribution in [0.25, 0.3) is 11.1 Å². The summed E-state index contributed by atoms with van der Waals surface area (Å²) in [6.07, 6.45) is 4.55. The Bertz CT molecular complexity index is 484. The zero-order valence-electron chi connectivity index (χ0n) is 10.6. The van der Waals surface area contributed by atoms with Crippen molar-refractivity contribution in [1.82, 2.24) is 4.98 Å². The Morgan fingerprint density at radius 1 is 1.24 bits per heavy atom. The predicted octanol–water partition coefficient (Wildman–Crippen LogP) is 4.09. The monoisotopic (exact) mass is 232 g/mol. The van der Waals surface area contributed by atoms with Gasteiger partial charge in [-0.15, -0.1) is 0 Å². The van der Waals surface area contributed by atoms with Gasteiger partial charge < -0.3 is 10.2 Å². The van der Waals surface area contributed by atoms with Crippen LogP contribution >= 0.6 is 0 Å².